The van der Waals surface area contributed by atoms with Gasteiger partial charge < -0.3 is 18.9 Å². The third-order valence-corrected chi connectivity index (χ3v) is 7.42. The lowest BCUT2D eigenvalue weighted by molar-refractivity contribution is 0.0171. The second kappa shape index (κ2) is 11.3. The number of carbonyl (C=O) groups is 1. The number of amides is 1. The number of nitrogens with one attached hydrogen (secondary N) is 1. The van der Waals surface area contributed by atoms with Crippen molar-refractivity contribution in [2.24, 2.45) is 5.92 Å². The number of rotatable bonds is 7. The molecule has 33 heavy (non-hydrogen) atoms. The summed E-state index contributed by atoms with van der Waals surface area (Å²) in [5.41, 5.74) is 1.32. The molecular formula is C25H39ClN2O4S. The van der Waals surface area contributed by atoms with Crippen LogP contribution in [-0.4, -0.2) is 45.6 Å². The fourth-order valence-electron chi connectivity index (χ4n) is 3.65. The Morgan fingerprint density at radius 2 is 1.91 bits per heavy atom. The first-order valence-electron chi connectivity index (χ1n) is 11.4. The van der Waals surface area contributed by atoms with E-state index in [9.17, 15) is 9.35 Å². The summed E-state index contributed by atoms with van der Waals surface area (Å²) in [7, 11) is 0. The standard InChI is InChI=1S/C25H39ClN2O4S/c1-9-14-31-21-16-20(26)17(2)15-19(21)22(27-33(30)25(6,7)8)18-10-12-28(13-11-18)23(29)32-24(3,4)5/h9,15-16,18,22,27H,1,10-14H2,2-8H3/t22-,33?/m1/s1. The molecule has 0 aliphatic carbocycles. The van der Waals surface area contributed by atoms with E-state index in [0.29, 0.717) is 30.5 Å². The minimum atomic E-state index is -1.29. The topological polar surface area (TPSA) is 73.9 Å². The molecule has 186 valence electrons. The van der Waals surface area contributed by atoms with Crippen LogP contribution in [0.15, 0.2) is 24.8 Å². The van der Waals surface area contributed by atoms with Crippen molar-refractivity contribution in [3.8, 4) is 5.75 Å². The zero-order valence-electron chi connectivity index (χ0n) is 21.0. The number of hydrogen-bond acceptors (Lipinski definition) is 5. The predicted octanol–water partition coefficient (Wildman–Crippen LogP) is 5.95. The lowest BCUT2D eigenvalue weighted by Crippen LogP contribution is -2.47. The van der Waals surface area contributed by atoms with E-state index >= 15 is 0 Å². The highest BCUT2D eigenvalue weighted by molar-refractivity contribution is 7.90. The zero-order valence-corrected chi connectivity index (χ0v) is 22.6. The van der Waals surface area contributed by atoms with Crippen molar-refractivity contribution < 1.29 is 18.8 Å². The number of piperidine rings is 1. The van der Waals surface area contributed by atoms with Crippen LogP contribution in [0.25, 0.3) is 0 Å². The summed E-state index contributed by atoms with van der Waals surface area (Å²) < 4.78 is 27.6. The van der Waals surface area contributed by atoms with Gasteiger partial charge >= 0.3 is 6.09 Å². The Bertz CT molecular complexity index is 827. The fraction of sp³-hybridized carbons (Fsp3) is 0.640. The van der Waals surface area contributed by atoms with E-state index in [1.165, 1.54) is 0 Å². The Morgan fingerprint density at radius 3 is 2.42 bits per heavy atom. The molecule has 1 heterocycles. The largest absolute Gasteiger partial charge is 0.598 e. The molecule has 0 spiro atoms. The van der Waals surface area contributed by atoms with Crippen LogP contribution in [0.4, 0.5) is 4.79 Å². The molecular weight excluding hydrogens is 460 g/mol. The van der Waals surface area contributed by atoms with Gasteiger partial charge in [0.2, 0.25) is 0 Å². The van der Waals surface area contributed by atoms with Gasteiger partial charge in [-0.1, -0.05) is 24.3 Å². The summed E-state index contributed by atoms with van der Waals surface area (Å²) in [6.45, 7) is 18.6. The van der Waals surface area contributed by atoms with E-state index in [4.69, 9.17) is 21.1 Å². The van der Waals surface area contributed by atoms with Gasteiger partial charge in [-0.3, -0.25) is 0 Å². The second-order valence-electron chi connectivity index (χ2n) is 10.5. The number of carbonyl (C=O) groups excluding carboxylic acids is 1. The predicted molar refractivity (Wildman–Crippen MR) is 136 cm³/mol. The van der Waals surface area contributed by atoms with Gasteiger partial charge in [0, 0.05) is 35.0 Å². The summed E-state index contributed by atoms with van der Waals surface area (Å²) in [5.74, 6) is 0.810. The van der Waals surface area contributed by atoms with Crippen LogP contribution in [-0.2, 0) is 16.1 Å². The Labute approximate surface area is 207 Å². The molecule has 1 aliphatic rings. The minimum Gasteiger partial charge on any atom is -0.598 e. The van der Waals surface area contributed by atoms with E-state index in [2.05, 4.69) is 11.3 Å². The van der Waals surface area contributed by atoms with Crippen molar-refractivity contribution in [2.75, 3.05) is 19.7 Å². The molecule has 2 rings (SSSR count). The maximum Gasteiger partial charge on any atom is 0.410 e. The van der Waals surface area contributed by atoms with Crippen molar-refractivity contribution in [2.45, 2.75) is 77.7 Å². The summed E-state index contributed by atoms with van der Waals surface area (Å²) in [6, 6.07) is 3.61. The van der Waals surface area contributed by atoms with Gasteiger partial charge in [-0.05, 0) is 84.9 Å². The van der Waals surface area contributed by atoms with Crippen LogP contribution >= 0.6 is 11.6 Å². The first kappa shape index (κ1) is 27.8. The third kappa shape index (κ3) is 8.09. The molecule has 1 unspecified atom stereocenters. The van der Waals surface area contributed by atoms with Gasteiger partial charge in [-0.2, -0.15) is 0 Å². The van der Waals surface area contributed by atoms with E-state index in [1.54, 1.807) is 11.0 Å². The molecule has 1 N–H and O–H groups in total. The normalized spacial score (nSPS) is 17.4. The highest BCUT2D eigenvalue weighted by atomic mass is 35.5. The van der Waals surface area contributed by atoms with Crippen LogP contribution in [0, 0.1) is 12.8 Å². The molecule has 0 saturated carbocycles. The van der Waals surface area contributed by atoms with E-state index < -0.39 is 21.7 Å². The smallest absolute Gasteiger partial charge is 0.410 e. The van der Waals surface area contributed by atoms with Crippen LogP contribution in [0.2, 0.25) is 5.02 Å². The highest BCUT2D eigenvalue weighted by Crippen LogP contribution is 2.39. The molecule has 0 aromatic heterocycles. The van der Waals surface area contributed by atoms with Crippen molar-refractivity contribution in [1.82, 2.24) is 9.62 Å². The number of likely N-dealkylation sites (tertiary alicyclic amines) is 1. The van der Waals surface area contributed by atoms with Gasteiger partial charge in [-0.15, -0.1) is 4.72 Å². The van der Waals surface area contributed by atoms with Gasteiger partial charge in [-0.25, -0.2) is 4.79 Å². The highest BCUT2D eigenvalue weighted by Gasteiger charge is 2.38. The Kier molecular flexibility index (Phi) is 9.57. The number of halogens is 1. The summed E-state index contributed by atoms with van der Waals surface area (Å²) >= 11 is 5.11. The van der Waals surface area contributed by atoms with E-state index in [-0.39, 0.29) is 18.1 Å². The molecule has 1 aromatic carbocycles. The molecule has 1 fully saturated rings. The molecule has 1 amide bonds. The number of benzene rings is 1. The number of aryl methyl sites for hydroxylation is 1. The lowest BCUT2D eigenvalue weighted by atomic mass is 9.85. The third-order valence-electron chi connectivity index (χ3n) is 5.44. The monoisotopic (exact) mass is 498 g/mol. The molecule has 0 radical (unpaired) electrons. The first-order valence-corrected chi connectivity index (χ1v) is 13.0. The number of nitrogens with zero attached hydrogens (tertiary/aromatic N) is 1. The fourth-order valence-corrected chi connectivity index (χ4v) is 4.71. The molecule has 6 nitrogen and oxygen atoms in total. The molecule has 2 atom stereocenters. The van der Waals surface area contributed by atoms with Gasteiger partial charge in [0.25, 0.3) is 0 Å². The van der Waals surface area contributed by atoms with Crippen molar-refractivity contribution >= 4 is 29.1 Å². The average Bonchev–Trinajstić information content (AvgIpc) is 2.70. The van der Waals surface area contributed by atoms with Gasteiger partial charge in [0.1, 0.15) is 22.7 Å². The number of hydrogen-bond donors (Lipinski definition) is 1. The molecule has 8 heteroatoms. The second-order valence-corrected chi connectivity index (χ2v) is 12.9. The van der Waals surface area contributed by atoms with Crippen molar-refractivity contribution in [3.63, 3.8) is 0 Å². The minimum absolute atomic E-state index is 0.154. The van der Waals surface area contributed by atoms with Crippen LogP contribution in [0.3, 0.4) is 0 Å². The van der Waals surface area contributed by atoms with Crippen LogP contribution in [0.5, 0.6) is 5.75 Å². The van der Waals surface area contributed by atoms with Crippen LogP contribution in [0.1, 0.15) is 71.6 Å². The van der Waals surface area contributed by atoms with Gasteiger partial charge in [0.15, 0.2) is 0 Å². The lowest BCUT2D eigenvalue weighted by Gasteiger charge is -2.38. The SMILES string of the molecule is C=CCOc1cc(Cl)c(C)cc1[C@H](N[S+]([O-])C(C)(C)C)C1CCN(C(=O)OC(C)(C)C)CC1. The Morgan fingerprint density at radius 1 is 1.30 bits per heavy atom. The molecule has 1 aliphatic heterocycles. The van der Waals surface area contributed by atoms with E-state index in [1.807, 2.05) is 60.6 Å². The number of ether oxygens (including phenoxy) is 2. The molecule has 0 bridgehead atoms. The van der Waals surface area contributed by atoms with E-state index in [0.717, 1.165) is 24.0 Å². The molecule has 1 aromatic rings. The summed E-state index contributed by atoms with van der Waals surface area (Å²) in [5, 5.41) is 0.619. The van der Waals surface area contributed by atoms with Crippen molar-refractivity contribution in [3.05, 3.63) is 40.9 Å². The average molecular weight is 499 g/mol. The molecule has 1 saturated heterocycles. The first-order chi connectivity index (χ1) is 15.2. The Hall–Kier alpha value is -1.41. The Balaban J connectivity index is 2.32. The summed E-state index contributed by atoms with van der Waals surface area (Å²) in [6.07, 6.45) is 2.90. The van der Waals surface area contributed by atoms with Crippen molar-refractivity contribution in [1.29, 1.82) is 0 Å². The van der Waals surface area contributed by atoms with Gasteiger partial charge in [0.05, 0.1) is 6.04 Å². The maximum atomic E-state index is 13.1. The summed E-state index contributed by atoms with van der Waals surface area (Å²) in [4.78, 5) is 14.3. The quantitative estimate of drug-likeness (QED) is 0.371. The zero-order chi connectivity index (χ0) is 25.0. The maximum absolute atomic E-state index is 13.1. The van der Waals surface area contributed by atoms with Crippen LogP contribution < -0.4 is 9.46 Å².